The highest BCUT2D eigenvalue weighted by atomic mass is 32.1. The van der Waals surface area contributed by atoms with E-state index in [1.165, 1.54) is 22.1 Å². The first-order chi connectivity index (χ1) is 12.4. The molecule has 0 atom stereocenters. The van der Waals surface area contributed by atoms with E-state index in [1.807, 2.05) is 0 Å². The minimum absolute atomic E-state index is 0.205. The third-order valence-corrected chi connectivity index (χ3v) is 5.38. The number of anilines is 1. The van der Waals surface area contributed by atoms with E-state index in [-0.39, 0.29) is 18.8 Å². The van der Waals surface area contributed by atoms with Crippen molar-refractivity contribution in [2.45, 2.75) is 46.1 Å². The first-order valence-corrected chi connectivity index (χ1v) is 9.16. The lowest BCUT2D eigenvalue weighted by atomic mass is 10.1. The van der Waals surface area contributed by atoms with E-state index in [0.29, 0.717) is 16.3 Å². The molecule has 0 spiro atoms. The maximum atomic E-state index is 12.7. The fourth-order valence-corrected chi connectivity index (χ4v) is 4.31. The van der Waals surface area contributed by atoms with Crippen LogP contribution in [0.15, 0.2) is 6.07 Å². The van der Waals surface area contributed by atoms with Crippen LogP contribution in [0.25, 0.3) is 0 Å². The van der Waals surface area contributed by atoms with Gasteiger partial charge in [0.1, 0.15) is 17.2 Å². The van der Waals surface area contributed by atoms with Crippen molar-refractivity contribution >= 4 is 28.2 Å². The number of ether oxygens (including phenoxy) is 1. The Labute approximate surface area is 153 Å². The number of carbonyl (C=O) groups excluding carboxylic acids is 2. The smallest absolute Gasteiger partial charge is 0.341 e. The standard InChI is InChI=1S/C17H19F2N3O3S/c1-3-25-17(24)14-10-5-4-6-12(10)26-16(14)20-13(23)8-22-9(2)7-11(21-22)15(18)19/h7,15H,3-6,8H2,1-2H3,(H,20,23). The molecule has 0 bridgehead atoms. The van der Waals surface area contributed by atoms with Crippen molar-refractivity contribution in [1.29, 1.82) is 0 Å². The molecule has 26 heavy (non-hydrogen) atoms. The molecule has 2 aromatic rings. The van der Waals surface area contributed by atoms with Gasteiger partial charge in [-0.3, -0.25) is 9.48 Å². The van der Waals surface area contributed by atoms with Gasteiger partial charge in [-0.05, 0) is 44.7 Å². The average Bonchev–Trinajstić information content (AvgIpc) is 3.22. The van der Waals surface area contributed by atoms with Crippen molar-refractivity contribution in [1.82, 2.24) is 9.78 Å². The molecule has 0 aromatic carbocycles. The lowest BCUT2D eigenvalue weighted by Gasteiger charge is -2.09. The van der Waals surface area contributed by atoms with Gasteiger partial charge in [0, 0.05) is 10.6 Å². The van der Waals surface area contributed by atoms with Crippen LogP contribution in [-0.2, 0) is 28.9 Å². The zero-order chi connectivity index (χ0) is 18.8. The van der Waals surface area contributed by atoms with Crippen LogP contribution in [0.4, 0.5) is 13.8 Å². The number of rotatable bonds is 6. The number of amides is 1. The van der Waals surface area contributed by atoms with E-state index < -0.39 is 18.3 Å². The molecule has 1 aliphatic carbocycles. The molecule has 0 saturated carbocycles. The second-order valence-electron chi connectivity index (χ2n) is 6.00. The van der Waals surface area contributed by atoms with Crippen molar-refractivity contribution in [3.05, 3.63) is 33.5 Å². The van der Waals surface area contributed by atoms with Gasteiger partial charge in [-0.1, -0.05) is 0 Å². The van der Waals surface area contributed by atoms with Crippen LogP contribution in [0, 0.1) is 6.92 Å². The summed E-state index contributed by atoms with van der Waals surface area (Å²) in [6.07, 6.45) is -0.0526. The number of aryl methyl sites for hydroxylation is 2. The number of hydrogen-bond acceptors (Lipinski definition) is 5. The van der Waals surface area contributed by atoms with Crippen LogP contribution in [0.2, 0.25) is 0 Å². The number of nitrogens with zero attached hydrogens (tertiary/aromatic N) is 2. The van der Waals surface area contributed by atoms with Crippen LogP contribution in [0.5, 0.6) is 0 Å². The molecule has 1 aliphatic rings. The maximum Gasteiger partial charge on any atom is 0.341 e. The highest BCUT2D eigenvalue weighted by Gasteiger charge is 2.28. The number of aromatic nitrogens is 2. The molecule has 0 fully saturated rings. The molecular weight excluding hydrogens is 364 g/mol. The van der Waals surface area contributed by atoms with E-state index in [2.05, 4.69) is 10.4 Å². The molecule has 2 aromatic heterocycles. The van der Waals surface area contributed by atoms with Gasteiger partial charge in [-0.15, -0.1) is 11.3 Å². The second kappa shape index (κ2) is 7.53. The van der Waals surface area contributed by atoms with Crippen LogP contribution < -0.4 is 5.32 Å². The number of nitrogens with one attached hydrogen (secondary N) is 1. The van der Waals surface area contributed by atoms with E-state index in [1.54, 1.807) is 13.8 Å². The third kappa shape index (κ3) is 3.62. The molecule has 6 nitrogen and oxygen atoms in total. The second-order valence-corrected chi connectivity index (χ2v) is 7.10. The van der Waals surface area contributed by atoms with Crippen molar-refractivity contribution in [2.75, 3.05) is 11.9 Å². The Hall–Kier alpha value is -2.29. The highest BCUT2D eigenvalue weighted by molar-refractivity contribution is 7.17. The molecule has 9 heteroatoms. The maximum absolute atomic E-state index is 12.7. The summed E-state index contributed by atoms with van der Waals surface area (Å²) in [5.74, 6) is -0.875. The minimum Gasteiger partial charge on any atom is -0.462 e. The van der Waals surface area contributed by atoms with Crippen LogP contribution in [0.1, 0.15) is 52.0 Å². The van der Waals surface area contributed by atoms with Crippen LogP contribution in [0.3, 0.4) is 0 Å². The summed E-state index contributed by atoms with van der Waals surface area (Å²) in [5, 5.41) is 6.93. The summed E-state index contributed by atoms with van der Waals surface area (Å²) in [7, 11) is 0. The van der Waals surface area contributed by atoms with Gasteiger partial charge < -0.3 is 10.1 Å². The van der Waals surface area contributed by atoms with Crippen LogP contribution >= 0.6 is 11.3 Å². The van der Waals surface area contributed by atoms with Gasteiger partial charge in [-0.2, -0.15) is 5.10 Å². The van der Waals surface area contributed by atoms with Crippen molar-refractivity contribution < 1.29 is 23.1 Å². The third-order valence-electron chi connectivity index (χ3n) is 4.17. The van der Waals surface area contributed by atoms with Gasteiger partial charge in [0.15, 0.2) is 0 Å². The van der Waals surface area contributed by atoms with Crippen molar-refractivity contribution in [2.24, 2.45) is 0 Å². The van der Waals surface area contributed by atoms with Gasteiger partial charge in [0.2, 0.25) is 5.91 Å². The summed E-state index contributed by atoms with van der Waals surface area (Å²) < 4.78 is 31.8. The van der Waals surface area contributed by atoms with Gasteiger partial charge in [-0.25, -0.2) is 13.6 Å². The molecule has 0 unspecified atom stereocenters. The number of thiophene rings is 1. The summed E-state index contributed by atoms with van der Waals surface area (Å²) in [6.45, 7) is 3.38. The molecule has 1 amide bonds. The molecule has 0 aliphatic heterocycles. The van der Waals surface area contributed by atoms with Crippen LogP contribution in [-0.4, -0.2) is 28.3 Å². The summed E-state index contributed by atoms with van der Waals surface area (Å²) in [5.41, 5.74) is 1.47. The first kappa shape index (κ1) is 18.5. The molecule has 3 rings (SSSR count). The summed E-state index contributed by atoms with van der Waals surface area (Å²) in [4.78, 5) is 25.7. The average molecular weight is 383 g/mol. The first-order valence-electron chi connectivity index (χ1n) is 8.34. The Morgan fingerprint density at radius 3 is 2.85 bits per heavy atom. The predicted octanol–water partition coefficient (Wildman–Crippen LogP) is 3.49. The minimum atomic E-state index is -2.69. The number of fused-ring (bicyclic) bond motifs is 1. The molecule has 0 saturated heterocycles. The number of esters is 1. The fraction of sp³-hybridized carbons (Fsp3) is 0.471. The normalized spacial score (nSPS) is 13.1. The largest absolute Gasteiger partial charge is 0.462 e. The Kier molecular flexibility index (Phi) is 5.36. The Morgan fingerprint density at radius 1 is 1.42 bits per heavy atom. The lowest BCUT2D eigenvalue weighted by molar-refractivity contribution is -0.116. The van der Waals surface area contributed by atoms with Gasteiger partial charge in [0.25, 0.3) is 6.43 Å². The zero-order valence-electron chi connectivity index (χ0n) is 14.5. The molecule has 2 heterocycles. The predicted molar refractivity (Wildman–Crippen MR) is 92.9 cm³/mol. The van der Waals surface area contributed by atoms with Gasteiger partial charge in [0.05, 0.1) is 12.2 Å². The van der Waals surface area contributed by atoms with E-state index >= 15 is 0 Å². The quantitative estimate of drug-likeness (QED) is 0.775. The number of hydrogen-bond donors (Lipinski definition) is 1. The summed E-state index contributed by atoms with van der Waals surface area (Å²) >= 11 is 1.37. The zero-order valence-corrected chi connectivity index (χ0v) is 15.3. The monoisotopic (exact) mass is 383 g/mol. The SMILES string of the molecule is CCOC(=O)c1c(NC(=O)Cn2nc(C(F)F)cc2C)sc2c1CCC2. The molecular formula is C17H19F2N3O3S. The topological polar surface area (TPSA) is 73.2 Å². The highest BCUT2D eigenvalue weighted by Crippen LogP contribution is 2.39. The molecule has 140 valence electrons. The number of halogens is 2. The van der Waals surface area contributed by atoms with Crippen molar-refractivity contribution in [3.8, 4) is 0 Å². The number of carbonyl (C=O) groups is 2. The Bertz CT molecular complexity index is 845. The lowest BCUT2D eigenvalue weighted by Crippen LogP contribution is -2.21. The van der Waals surface area contributed by atoms with Crippen molar-refractivity contribution in [3.63, 3.8) is 0 Å². The van der Waals surface area contributed by atoms with E-state index in [9.17, 15) is 18.4 Å². The van der Waals surface area contributed by atoms with E-state index in [4.69, 9.17) is 4.74 Å². The summed E-state index contributed by atoms with van der Waals surface area (Å²) in [6, 6.07) is 1.25. The molecule has 1 N–H and O–H groups in total. The Balaban J connectivity index is 1.78. The molecule has 0 radical (unpaired) electrons. The Morgan fingerprint density at radius 2 is 2.19 bits per heavy atom. The number of alkyl halides is 2. The fourth-order valence-electron chi connectivity index (χ4n) is 3.02. The van der Waals surface area contributed by atoms with E-state index in [0.717, 1.165) is 29.7 Å². The van der Waals surface area contributed by atoms with Gasteiger partial charge >= 0.3 is 5.97 Å².